The topological polar surface area (TPSA) is 62.5 Å². The first kappa shape index (κ1) is 19.3. The van der Waals surface area contributed by atoms with Crippen molar-refractivity contribution in [3.8, 4) is 0 Å². The smallest absolute Gasteiger partial charge is 0.225 e. The number of hydrogen-bond donors (Lipinski definition) is 0. The quantitative estimate of drug-likeness (QED) is 0.434. The van der Waals surface area contributed by atoms with Gasteiger partial charge in [-0.2, -0.15) is 5.10 Å². The van der Waals surface area contributed by atoms with Crippen LogP contribution < -0.4 is 9.80 Å². The van der Waals surface area contributed by atoms with E-state index in [1.807, 2.05) is 22.8 Å². The number of benzene rings is 1. The second-order valence-corrected chi connectivity index (χ2v) is 8.83. The summed E-state index contributed by atoms with van der Waals surface area (Å²) < 4.78 is 16.6. The predicted octanol–water partition coefficient (Wildman–Crippen LogP) is 3.90. The fraction of sp³-hybridized carbons (Fsp3) is 0.200. The molecule has 1 fully saturated rings. The Kier molecular flexibility index (Phi) is 5.26. The maximum absolute atomic E-state index is 13.8. The van der Waals surface area contributed by atoms with Gasteiger partial charge in [-0.3, -0.25) is 0 Å². The Morgan fingerprint density at radius 3 is 2.47 bits per heavy atom. The molecule has 0 atom stereocenters. The lowest BCUT2D eigenvalue weighted by molar-refractivity contribution is 0.602. The number of hydrogen-bond acceptors (Lipinski definition) is 7. The van der Waals surface area contributed by atoms with Gasteiger partial charge in [0, 0.05) is 59.0 Å². The zero-order valence-electron chi connectivity index (χ0n) is 15.8. The van der Waals surface area contributed by atoms with Gasteiger partial charge in [0.25, 0.3) is 0 Å². The zero-order valence-corrected chi connectivity index (χ0v) is 18.2. The van der Waals surface area contributed by atoms with Crippen molar-refractivity contribution >= 4 is 45.0 Å². The fourth-order valence-corrected chi connectivity index (χ4v) is 4.61. The second kappa shape index (κ2) is 8.19. The van der Waals surface area contributed by atoms with Crippen LogP contribution in [0.25, 0.3) is 5.52 Å². The second-order valence-electron chi connectivity index (χ2n) is 6.80. The van der Waals surface area contributed by atoms with Crippen LogP contribution in [0, 0.1) is 5.82 Å². The molecule has 0 unspecified atom stereocenters. The Hall–Kier alpha value is -2.72. The van der Waals surface area contributed by atoms with Gasteiger partial charge in [-0.25, -0.2) is 23.9 Å². The Morgan fingerprint density at radius 1 is 0.967 bits per heavy atom. The summed E-state index contributed by atoms with van der Waals surface area (Å²) in [6.45, 7) is 3.20. The number of fused-ring (bicyclic) bond motifs is 1. The van der Waals surface area contributed by atoms with E-state index in [2.05, 4.69) is 45.8 Å². The number of aromatic nitrogens is 5. The average Bonchev–Trinajstić information content (AvgIpc) is 3.16. The van der Waals surface area contributed by atoms with E-state index in [9.17, 15) is 4.39 Å². The van der Waals surface area contributed by atoms with Crippen LogP contribution in [-0.4, -0.2) is 50.7 Å². The molecule has 1 aliphatic heterocycles. The minimum atomic E-state index is -0.239. The van der Waals surface area contributed by atoms with Crippen molar-refractivity contribution < 1.29 is 4.39 Å². The van der Waals surface area contributed by atoms with E-state index in [1.54, 1.807) is 30.9 Å². The Bertz CT molecular complexity index is 1180. The standard InChI is InChI=1S/C20H17BrFN7S/c21-14-9-17-19(25-13-26-29(17)12-14)27-5-7-28(8-6-27)20-23-10-15(11-24-20)30-18-4-2-1-3-16(18)22/h1-4,9-13H,5-8H2. The molecule has 0 aliphatic carbocycles. The Labute approximate surface area is 185 Å². The molecule has 1 saturated heterocycles. The van der Waals surface area contributed by atoms with Crippen molar-refractivity contribution in [3.05, 3.63) is 65.5 Å². The fourth-order valence-electron chi connectivity index (χ4n) is 3.43. The minimum absolute atomic E-state index is 0.239. The Balaban J connectivity index is 1.26. The lowest BCUT2D eigenvalue weighted by Gasteiger charge is -2.35. The van der Waals surface area contributed by atoms with Gasteiger partial charge >= 0.3 is 0 Å². The van der Waals surface area contributed by atoms with Gasteiger partial charge in [0.05, 0.1) is 0 Å². The predicted molar refractivity (Wildman–Crippen MR) is 118 cm³/mol. The molecule has 1 aromatic carbocycles. The summed E-state index contributed by atoms with van der Waals surface area (Å²) >= 11 is 4.82. The van der Waals surface area contributed by atoms with Gasteiger partial charge in [0.15, 0.2) is 5.82 Å². The van der Waals surface area contributed by atoms with Gasteiger partial charge in [0.2, 0.25) is 5.95 Å². The van der Waals surface area contributed by atoms with Crippen LogP contribution in [0.4, 0.5) is 16.2 Å². The van der Waals surface area contributed by atoms with Crippen molar-refractivity contribution in [3.63, 3.8) is 0 Å². The van der Waals surface area contributed by atoms with Crippen molar-refractivity contribution in [2.75, 3.05) is 36.0 Å². The van der Waals surface area contributed by atoms with Gasteiger partial charge < -0.3 is 9.80 Å². The van der Waals surface area contributed by atoms with E-state index in [0.717, 1.165) is 46.9 Å². The van der Waals surface area contributed by atoms with Crippen LogP contribution in [0.2, 0.25) is 0 Å². The average molecular weight is 486 g/mol. The molecule has 30 heavy (non-hydrogen) atoms. The number of anilines is 2. The molecule has 152 valence electrons. The number of rotatable bonds is 4. The number of halogens is 2. The van der Waals surface area contributed by atoms with Crippen molar-refractivity contribution in [2.24, 2.45) is 0 Å². The molecule has 4 heterocycles. The summed E-state index contributed by atoms with van der Waals surface area (Å²) in [4.78, 5) is 19.3. The molecule has 10 heteroatoms. The van der Waals surface area contributed by atoms with Crippen LogP contribution in [0.1, 0.15) is 0 Å². The lowest BCUT2D eigenvalue weighted by Crippen LogP contribution is -2.47. The molecule has 0 bridgehead atoms. The van der Waals surface area contributed by atoms with Gasteiger partial charge in [-0.05, 0) is 34.1 Å². The monoisotopic (exact) mass is 485 g/mol. The van der Waals surface area contributed by atoms with Crippen LogP contribution in [-0.2, 0) is 0 Å². The molecular weight excluding hydrogens is 469 g/mol. The molecule has 0 spiro atoms. The Morgan fingerprint density at radius 2 is 1.70 bits per heavy atom. The molecule has 4 aromatic rings. The lowest BCUT2D eigenvalue weighted by atomic mass is 10.3. The molecule has 3 aromatic heterocycles. The number of piperazine rings is 1. The van der Waals surface area contributed by atoms with Crippen molar-refractivity contribution in [2.45, 2.75) is 9.79 Å². The first-order valence-corrected chi connectivity index (χ1v) is 11.0. The van der Waals surface area contributed by atoms with E-state index >= 15 is 0 Å². The molecule has 0 amide bonds. The summed E-state index contributed by atoms with van der Waals surface area (Å²) in [6.07, 6.45) is 7.00. The summed E-state index contributed by atoms with van der Waals surface area (Å²) in [7, 11) is 0. The molecule has 0 saturated carbocycles. The maximum atomic E-state index is 13.8. The third-order valence-electron chi connectivity index (χ3n) is 4.89. The molecule has 5 rings (SSSR count). The molecule has 1 aliphatic rings. The van der Waals surface area contributed by atoms with E-state index in [0.29, 0.717) is 10.8 Å². The van der Waals surface area contributed by atoms with Gasteiger partial charge in [-0.1, -0.05) is 23.9 Å². The van der Waals surface area contributed by atoms with Crippen LogP contribution in [0.5, 0.6) is 0 Å². The SMILES string of the molecule is Fc1ccccc1Sc1cnc(N2CCN(c3ncnn4cc(Br)cc34)CC2)nc1. The van der Waals surface area contributed by atoms with Crippen LogP contribution >= 0.6 is 27.7 Å². The first-order chi connectivity index (χ1) is 14.7. The highest BCUT2D eigenvalue weighted by molar-refractivity contribution is 9.10. The third kappa shape index (κ3) is 3.84. The maximum Gasteiger partial charge on any atom is 0.225 e. The highest BCUT2D eigenvalue weighted by atomic mass is 79.9. The van der Waals surface area contributed by atoms with Gasteiger partial charge in [-0.15, -0.1) is 0 Å². The molecular formula is C20H17BrFN7S. The van der Waals surface area contributed by atoms with E-state index in [-0.39, 0.29) is 5.82 Å². The number of nitrogens with zero attached hydrogens (tertiary/aromatic N) is 7. The largest absolute Gasteiger partial charge is 0.351 e. The zero-order chi connectivity index (χ0) is 20.5. The molecule has 7 nitrogen and oxygen atoms in total. The first-order valence-electron chi connectivity index (χ1n) is 9.40. The summed E-state index contributed by atoms with van der Waals surface area (Å²) in [5.74, 6) is 1.37. The van der Waals surface area contributed by atoms with Crippen molar-refractivity contribution in [1.29, 1.82) is 0 Å². The van der Waals surface area contributed by atoms with E-state index < -0.39 is 0 Å². The van der Waals surface area contributed by atoms with Crippen LogP contribution in [0.3, 0.4) is 0 Å². The van der Waals surface area contributed by atoms with E-state index in [4.69, 9.17) is 0 Å². The summed E-state index contributed by atoms with van der Waals surface area (Å²) in [5.41, 5.74) is 0.976. The van der Waals surface area contributed by atoms with E-state index in [1.165, 1.54) is 17.8 Å². The third-order valence-corrected chi connectivity index (χ3v) is 6.32. The molecule has 0 N–H and O–H groups in total. The highest BCUT2D eigenvalue weighted by Crippen LogP contribution is 2.29. The van der Waals surface area contributed by atoms with Crippen molar-refractivity contribution in [1.82, 2.24) is 24.6 Å². The van der Waals surface area contributed by atoms with Crippen LogP contribution in [0.15, 0.2) is 69.5 Å². The normalized spacial score (nSPS) is 14.5. The minimum Gasteiger partial charge on any atom is -0.351 e. The summed E-state index contributed by atoms with van der Waals surface area (Å²) in [5, 5.41) is 4.26. The highest BCUT2D eigenvalue weighted by Gasteiger charge is 2.22. The van der Waals surface area contributed by atoms with Gasteiger partial charge in [0.1, 0.15) is 17.7 Å². The summed E-state index contributed by atoms with van der Waals surface area (Å²) in [6, 6.07) is 8.73. The molecule has 0 radical (unpaired) electrons.